The van der Waals surface area contributed by atoms with Crippen molar-refractivity contribution in [2.45, 2.75) is 20.0 Å². The molecular weight excluding hydrogens is 386 g/mol. The van der Waals surface area contributed by atoms with Crippen LogP contribution in [0.25, 0.3) is 16.9 Å². The highest BCUT2D eigenvalue weighted by Gasteiger charge is 2.15. The average molecular weight is 401 g/mol. The Labute approximate surface area is 164 Å². The lowest BCUT2D eigenvalue weighted by molar-refractivity contribution is -0.0503. The largest absolute Gasteiger partial charge is 0.435 e. The first-order valence-electron chi connectivity index (χ1n) is 8.51. The maximum absolute atomic E-state index is 12.7. The fraction of sp³-hybridized carbons (Fsp3) is 0.150. The average Bonchev–Trinajstić information content (AvgIpc) is 2.98. The highest BCUT2D eigenvalue weighted by molar-refractivity contribution is 6.29. The van der Waals surface area contributed by atoms with Crippen LogP contribution in [0.15, 0.2) is 54.7 Å². The normalized spacial score (nSPS) is 11.3. The Hall–Kier alpha value is -3.06. The number of alkyl halides is 2. The first kappa shape index (κ1) is 18.3. The van der Waals surface area contributed by atoms with E-state index in [1.54, 1.807) is 30.3 Å². The molecule has 1 aromatic carbocycles. The summed E-state index contributed by atoms with van der Waals surface area (Å²) in [6, 6.07) is 14.0. The summed E-state index contributed by atoms with van der Waals surface area (Å²) in [5.74, 6) is 0.159. The molecule has 8 heteroatoms. The van der Waals surface area contributed by atoms with Crippen molar-refractivity contribution >= 4 is 17.2 Å². The van der Waals surface area contributed by atoms with Gasteiger partial charge in [-0.15, -0.1) is 10.2 Å². The summed E-state index contributed by atoms with van der Waals surface area (Å²) < 4.78 is 32.0. The highest BCUT2D eigenvalue weighted by Crippen LogP contribution is 2.26. The summed E-state index contributed by atoms with van der Waals surface area (Å²) in [7, 11) is 0. The lowest BCUT2D eigenvalue weighted by atomic mass is 10.1. The van der Waals surface area contributed by atoms with Crippen molar-refractivity contribution in [1.29, 1.82) is 0 Å². The molecule has 0 atom stereocenters. The number of aromatic nitrogens is 4. The van der Waals surface area contributed by atoms with Crippen LogP contribution in [0, 0.1) is 6.92 Å². The first-order chi connectivity index (χ1) is 13.5. The van der Waals surface area contributed by atoms with E-state index in [0.29, 0.717) is 22.8 Å². The van der Waals surface area contributed by atoms with Crippen molar-refractivity contribution in [2.24, 2.45) is 0 Å². The second kappa shape index (κ2) is 7.52. The second-order valence-electron chi connectivity index (χ2n) is 6.19. The zero-order valence-corrected chi connectivity index (χ0v) is 15.6. The molecule has 0 aliphatic carbocycles. The lowest BCUT2D eigenvalue weighted by Crippen LogP contribution is -2.05. The standard InChI is InChI=1S/C20H15ClF2N4O/c1-12-16(10-13-4-2-3-5-17(13)28-20(22)23)27-11-14(6-9-19(27)24-12)15-7-8-18(21)26-25-15/h2-9,11,20H,10H2,1H3. The number of aryl methyl sites for hydroxylation is 1. The van der Waals surface area contributed by atoms with Gasteiger partial charge in [0.1, 0.15) is 11.4 Å². The molecule has 3 aromatic heterocycles. The van der Waals surface area contributed by atoms with Crippen LogP contribution in [-0.4, -0.2) is 26.2 Å². The molecule has 0 bridgehead atoms. The van der Waals surface area contributed by atoms with Crippen LogP contribution in [-0.2, 0) is 6.42 Å². The van der Waals surface area contributed by atoms with Crippen molar-refractivity contribution in [1.82, 2.24) is 19.6 Å². The van der Waals surface area contributed by atoms with E-state index in [-0.39, 0.29) is 5.75 Å². The third-order valence-corrected chi connectivity index (χ3v) is 4.59. The molecule has 0 fully saturated rings. The zero-order valence-electron chi connectivity index (χ0n) is 14.8. The Morgan fingerprint density at radius 3 is 2.64 bits per heavy atom. The Kier molecular flexibility index (Phi) is 4.92. The van der Waals surface area contributed by atoms with Gasteiger partial charge in [0, 0.05) is 29.4 Å². The van der Waals surface area contributed by atoms with Crippen LogP contribution in [0.2, 0.25) is 5.15 Å². The Balaban J connectivity index is 1.76. The number of halogens is 3. The van der Waals surface area contributed by atoms with Crippen LogP contribution in [0.3, 0.4) is 0 Å². The minimum Gasteiger partial charge on any atom is -0.435 e. The lowest BCUT2D eigenvalue weighted by Gasteiger charge is -2.11. The van der Waals surface area contributed by atoms with E-state index < -0.39 is 6.61 Å². The summed E-state index contributed by atoms with van der Waals surface area (Å²) in [4.78, 5) is 4.57. The quantitative estimate of drug-likeness (QED) is 0.476. The van der Waals surface area contributed by atoms with Crippen LogP contribution >= 0.6 is 11.6 Å². The van der Waals surface area contributed by atoms with Gasteiger partial charge < -0.3 is 9.14 Å². The van der Waals surface area contributed by atoms with Crippen molar-refractivity contribution in [2.75, 3.05) is 0 Å². The van der Waals surface area contributed by atoms with E-state index in [1.807, 2.05) is 29.7 Å². The Morgan fingerprint density at radius 2 is 1.89 bits per heavy atom. The number of benzene rings is 1. The van der Waals surface area contributed by atoms with E-state index >= 15 is 0 Å². The number of hydrogen-bond acceptors (Lipinski definition) is 4. The van der Waals surface area contributed by atoms with Gasteiger partial charge in [0.05, 0.1) is 11.4 Å². The minimum absolute atomic E-state index is 0.159. The van der Waals surface area contributed by atoms with Gasteiger partial charge >= 0.3 is 6.61 Å². The van der Waals surface area contributed by atoms with Gasteiger partial charge in [-0.2, -0.15) is 8.78 Å². The van der Waals surface area contributed by atoms with Gasteiger partial charge in [0.2, 0.25) is 0 Å². The third-order valence-electron chi connectivity index (χ3n) is 4.39. The number of hydrogen-bond donors (Lipinski definition) is 0. The Bertz CT molecular complexity index is 1130. The molecule has 0 radical (unpaired) electrons. The summed E-state index contributed by atoms with van der Waals surface area (Å²) in [5, 5.41) is 8.30. The van der Waals surface area contributed by atoms with Crippen LogP contribution in [0.4, 0.5) is 8.78 Å². The molecule has 5 nitrogen and oxygen atoms in total. The van der Waals surface area contributed by atoms with Gasteiger partial charge in [-0.05, 0) is 37.3 Å². The number of imidazole rings is 1. The maximum Gasteiger partial charge on any atom is 0.387 e. The van der Waals surface area contributed by atoms with Gasteiger partial charge in [-0.25, -0.2) is 4.98 Å². The predicted molar refractivity (Wildman–Crippen MR) is 102 cm³/mol. The van der Waals surface area contributed by atoms with Crippen LogP contribution in [0.5, 0.6) is 5.75 Å². The van der Waals surface area contributed by atoms with Crippen molar-refractivity contribution < 1.29 is 13.5 Å². The molecule has 0 unspecified atom stereocenters. The number of pyridine rings is 1. The molecule has 0 N–H and O–H groups in total. The van der Waals surface area contributed by atoms with Gasteiger partial charge in [0.25, 0.3) is 0 Å². The van der Waals surface area contributed by atoms with Gasteiger partial charge in [-0.3, -0.25) is 0 Å². The summed E-state index contributed by atoms with van der Waals surface area (Å²) in [6.45, 7) is -0.986. The topological polar surface area (TPSA) is 52.3 Å². The number of para-hydroxylation sites is 1. The molecule has 28 heavy (non-hydrogen) atoms. The number of ether oxygens (including phenoxy) is 1. The smallest absolute Gasteiger partial charge is 0.387 e. The molecular formula is C20H15ClF2N4O. The second-order valence-corrected chi connectivity index (χ2v) is 6.58. The molecule has 4 rings (SSSR count). The van der Waals surface area contributed by atoms with Crippen molar-refractivity contribution in [3.63, 3.8) is 0 Å². The molecule has 0 spiro atoms. The third kappa shape index (κ3) is 3.66. The molecule has 142 valence electrons. The summed E-state index contributed by atoms with van der Waals surface area (Å²) >= 11 is 5.81. The predicted octanol–water partition coefficient (Wildman–Crippen LogP) is 4.95. The molecule has 0 saturated carbocycles. The minimum atomic E-state index is -2.88. The molecule has 0 saturated heterocycles. The SMILES string of the molecule is Cc1nc2ccc(-c3ccc(Cl)nn3)cn2c1Cc1ccccc1OC(F)F. The fourth-order valence-electron chi connectivity index (χ4n) is 3.09. The molecule has 4 aromatic rings. The Morgan fingerprint density at radius 1 is 1.07 bits per heavy atom. The molecule has 3 heterocycles. The first-order valence-corrected chi connectivity index (χ1v) is 8.89. The van der Waals surface area contributed by atoms with E-state index in [4.69, 9.17) is 11.6 Å². The van der Waals surface area contributed by atoms with Crippen LogP contribution < -0.4 is 4.74 Å². The van der Waals surface area contributed by atoms with Crippen molar-refractivity contribution in [3.05, 3.63) is 76.8 Å². The van der Waals surface area contributed by atoms with E-state index in [2.05, 4.69) is 19.9 Å². The van der Waals surface area contributed by atoms with E-state index in [9.17, 15) is 8.78 Å². The fourth-order valence-corrected chi connectivity index (χ4v) is 3.19. The van der Waals surface area contributed by atoms with Gasteiger partial charge in [-0.1, -0.05) is 29.8 Å². The summed E-state index contributed by atoms with van der Waals surface area (Å²) in [6.07, 6.45) is 2.30. The zero-order chi connectivity index (χ0) is 19.7. The summed E-state index contributed by atoms with van der Waals surface area (Å²) in [5.41, 5.74) is 4.61. The maximum atomic E-state index is 12.7. The number of fused-ring (bicyclic) bond motifs is 1. The number of rotatable bonds is 5. The van der Waals surface area contributed by atoms with E-state index in [1.165, 1.54) is 6.07 Å². The number of nitrogens with zero attached hydrogens (tertiary/aromatic N) is 4. The molecule has 0 amide bonds. The highest BCUT2D eigenvalue weighted by atomic mass is 35.5. The van der Waals surface area contributed by atoms with Crippen molar-refractivity contribution in [3.8, 4) is 17.0 Å². The van der Waals surface area contributed by atoms with Gasteiger partial charge in [0.15, 0.2) is 5.15 Å². The van der Waals surface area contributed by atoms with E-state index in [0.717, 1.165) is 22.6 Å². The van der Waals surface area contributed by atoms with Crippen LogP contribution in [0.1, 0.15) is 17.0 Å². The molecule has 0 aliphatic heterocycles. The monoisotopic (exact) mass is 400 g/mol. The molecule has 0 aliphatic rings.